The Labute approximate surface area is 74.5 Å². The summed E-state index contributed by atoms with van der Waals surface area (Å²) in [6.07, 6.45) is 0. The van der Waals surface area contributed by atoms with Gasteiger partial charge in [-0.05, 0) is 13.8 Å². The van der Waals surface area contributed by atoms with Crippen LogP contribution in [0.4, 0.5) is 0 Å². The van der Waals surface area contributed by atoms with E-state index in [-0.39, 0.29) is 0 Å². The zero-order valence-electron chi connectivity index (χ0n) is 8.31. The Hall–Kier alpha value is -1.18. The first-order valence-electron chi connectivity index (χ1n) is 4.00. The minimum absolute atomic E-state index is 0.983. The number of hydrogen-bond acceptors (Lipinski definition) is 2. The van der Waals surface area contributed by atoms with Crippen LogP contribution in [0, 0.1) is 0 Å². The molecular weight excluding hydrogens is 148 g/mol. The van der Waals surface area contributed by atoms with Crippen molar-refractivity contribution in [1.29, 1.82) is 0 Å². The average molecular weight is 164 g/mol. The lowest BCUT2D eigenvalue weighted by Gasteiger charge is -2.14. The molecule has 1 rings (SSSR count). The fourth-order valence-corrected chi connectivity index (χ4v) is 1.49. The second-order valence-corrected chi connectivity index (χ2v) is 3.33. The van der Waals surface area contributed by atoms with E-state index in [0.29, 0.717) is 0 Å². The van der Waals surface area contributed by atoms with Crippen LogP contribution in [0.5, 0.6) is 0 Å². The largest absolute Gasteiger partial charge is 0.330 e. The third-order valence-electron chi connectivity index (χ3n) is 2.26. The van der Waals surface area contributed by atoms with Crippen molar-refractivity contribution in [2.45, 2.75) is 13.8 Å². The molecule has 1 heterocycles. The third kappa shape index (κ3) is 1.04. The van der Waals surface area contributed by atoms with E-state index in [1.54, 1.807) is 0 Å². The zero-order chi connectivity index (χ0) is 9.46. The third-order valence-corrected chi connectivity index (χ3v) is 2.26. The summed E-state index contributed by atoms with van der Waals surface area (Å²) < 4.78 is 0. The molecule has 12 heavy (non-hydrogen) atoms. The van der Waals surface area contributed by atoms with E-state index >= 15 is 0 Å². The highest BCUT2D eigenvalue weighted by atomic mass is 15.4. The molecule has 0 atom stereocenters. The maximum absolute atomic E-state index is 4.00. The summed E-state index contributed by atoms with van der Waals surface area (Å²) in [6.45, 7) is 12.1. The van der Waals surface area contributed by atoms with Gasteiger partial charge in [-0.1, -0.05) is 18.7 Å². The Morgan fingerprint density at radius 1 is 1.08 bits per heavy atom. The fourth-order valence-electron chi connectivity index (χ4n) is 1.49. The summed E-state index contributed by atoms with van der Waals surface area (Å²) in [4.78, 5) is 4.07. The van der Waals surface area contributed by atoms with Crippen LogP contribution in [0.2, 0.25) is 0 Å². The Morgan fingerprint density at radius 2 is 1.58 bits per heavy atom. The lowest BCUT2D eigenvalue weighted by molar-refractivity contribution is 0.455. The van der Waals surface area contributed by atoms with Crippen molar-refractivity contribution < 1.29 is 0 Å². The maximum Gasteiger partial charge on any atom is 0.105 e. The quantitative estimate of drug-likeness (QED) is 0.541. The topological polar surface area (TPSA) is 6.48 Å². The predicted molar refractivity (Wildman–Crippen MR) is 52.2 cm³/mol. The summed E-state index contributed by atoms with van der Waals surface area (Å²) in [6, 6.07) is 0. The SMILES string of the molecule is C=C1C(=C(C)C)N(C)C(=C)N1C. The van der Waals surface area contributed by atoms with Crippen LogP contribution in [0.15, 0.2) is 35.9 Å². The van der Waals surface area contributed by atoms with E-state index in [1.165, 1.54) is 11.3 Å². The molecule has 0 spiro atoms. The van der Waals surface area contributed by atoms with E-state index in [9.17, 15) is 0 Å². The number of rotatable bonds is 0. The number of nitrogens with zero attached hydrogens (tertiary/aromatic N) is 2. The van der Waals surface area contributed by atoms with Crippen molar-refractivity contribution in [2.75, 3.05) is 14.1 Å². The first-order valence-corrected chi connectivity index (χ1v) is 4.00. The van der Waals surface area contributed by atoms with Gasteiger partial charge in [0.1, 0.15) is 5.82 Å². The molecule has 1 saturated heterocycles. The molecule has 2 nitrogen and oxygen atoms in total. The molecule has 0 aliphatic carbocycles. The van der Waals surface area contributed by atoms with E-state index in [4.69, 9.17) is 0 Å². The molecular formula is C10H16N2. The monoisotopic (exact) mass is 164 g/mol. The van der Waals surface area contributed by atoms with Crippen LogP contribution in [0.3, 0.4) is 0 Å². The van der Waals surface area contributed by atoms with Crippen molar-refractivity contribution in [1.82, 2.24) is 9.80 Å². The molecule has 66 valence electrons. The summed E-state index contributed by atoms with van der Waals surface area (Å²) in [5.41, 5.74) is 3.48. The van der Waals surface area contributed by atoms with Crippen LogP contribution < -0.4 is 0 Å². The van der Waals surface area contributed by atoms with Crippen molar-refractivity contribution >= 4 is 0 Å². The van der Waals surface area contributed by atoms with Gasteiger partial charge in [-0.15, -0.1) is 0 Å². The van der Waals surface area contributed by atoms with E-state index < -0.39 is 0 Å². The molecule has 0 amide bonds. The molecule has 2 heteroatoms. The highest BCUT2D eigenvalue weighted by molar-refractivity contribution is 5.39. The van der Waals surface area contributed by atoms with E-state index in [2.05, 4.69) is 31.9 Å². The Bertz CT molecular complexity index is 270. The number of hydrogen-bond donors (Lipinski definition) is 0. The zero-order valence-corrected chi connectivity index (χ0v) is 8.31. The molecule has 1 aliphatic heterocycles. The molecule has 0 aromatic heterocycles. The van der Waals surface area contributed by atoms with Gasteiger partial charge in [0.15, 0.2) is 0 Å². The van der Waals surface area contributed by atoms with Gasteiger partial charge >= 0.3 is 0 Å². The molecule has 1 aliphatic rings. The minimum Gasteiger partial charge on any atom is -0.330 e. The van der Waals surface area contributed by atoms with Gasteiger partial charge < -0.3 is 9.80 Å². The molecule has 0 saturated carbocycles. The Kier molecular flexibility index (Phi) is 2.01. The van der Waals surface area contributed by atoms with Crippen LogP contribution in [-0.4, -0.2) is 23.9 Å². The molecule has 0 N–H and O–H groups in total. The highest BCUT2D eigenvalue weighted by Crippen LogP contribution is 2.32. The fraction of sp³-hybridized carbons (Fsp3) is 0.400. The van der Waals surface area contributed by atoms with E-state index in [0.717, 1.165) is 11.5 Å². The van der Waals surface area contributed by atoms with Gasteiger partial charge in [-0.3, -0.25) is 0 Å². The van der Waals surface area contributed by atoms with Gasteiger partial charge in [0.25, 0.3) is 0 Å². The van der Waals surface area contributed by atoms with Crippen molar-refractivity contribution in [2.24, 2.45) is 0 Å². The first-order chi connectivity index (χ1) is 5.46. The smallest absolute Gasteiger partial charge is 0.105 e. The summed E-state index contributed by atoms with van der Waals surface area (Å²) in [5, 5.41) is 0. The molecule has 0 bridgehead atoms. The standard InChI is InChI=1S/C10H16N2/c1-7(2)10-8(3)11(5)9(4)12(10)6/h3-4H2,1-2,5-6H3. The summed E-state index contributed by atoms with van der Waals surface area (Å²) in [7, 11) is 4.00. The van der Waals surface area contributed by atoms with E-state index in [1.807, 2.05) is 19.0 Å². The molecule has 0 radical (unpaired) electrons. The normalized spacial score (nSPS) is 17.8. The predicted octanol–water partition coefficient (Wildman–Crippen LogP) is 2.14. The van der Waals surface area contributed by atoms with Gasteiger partial charge in [0, 0.05) is 14.1 Å². The Morgan fingerprint density at radius 3 is 1.75 bits per heavy atom. The summed E-state index contributed by atoms with van der Waals surface area (Å²) in [5.74, 6) is 0.983. The lowest BCUT2D eigenvalue weighted by Crippen LogP contribution is -2.13. The second-order valence-electron chi connectivity index (χ2n) is 3.33. The van der Waals surface area contributed by atoms with Crippen molar-refractivity contribution in [3.63, 3.8) is 0 Å². The lowest BCUT2D eigenvalue weighted by atomic mass is 10.2. The molecule has 0 aromatic rings. The Balaban J connectivity index is 3.17. The van der Waals surface area contributed by atoms with Crippen LogP contribution in [0.25, 0.3) is 0 Å². The van der Waals surface area contributed by atoms with Crippen LogP contribution in [0.1, 0.15) is 13.8 Å². The van der Waals surface area contributed by atoms with Crippen molar-refractivity contribution in [3.8, 4) is 0 Å². The number of allylic oxidation sites excluding steroid dienone is 1. The van der Waals surface area contributed by atoms with Gasteiger partial charge in [0.2, 0.25) is 0 Å². The highest BCUT2D eigenvalue weighted by Gasteiger charge is 2.26. The van der Waals surface area contributed by atoms with Crippen LogP contribution in [-0.2, 0) is 0 Å². The summed E-state index contributed by atoms with van der Waals surface area (Å²) >= 11 is 0. The van der Waals surface area contributed by atoms with Crippen LogP contribution >= 0.6 is 0 Å². The van der Waals surface area contributed by atoms with Crippen molar-refractivity contribution in [3.05, 3.63) is 35.9 Å². The molecule has 0 aromatic carbocycles. The molecule has 0 unspecified atom stereocenters. The maximum atomic E-state index is 4.00. The first kappa shape index (κ1) is 8.91. The van der Waals surface area contributed by atoms with Gasteiger partial charge in [-0.25, -0.2) is 0 Å². The minimum atomic E-state index is 0.983. The average Bonchev–Trinajstić information content (AvgIpc) is 2.16. The number of likely N-dealkylation sites (N-methyl/N-ethyl adjacent to an activating group) is 2. The molecule has 1 fully saturated rings. The second kappa shape index (κ2) is 2.70. The van der Waals surface area contributed by atoms with Gasteiger partial charge in [-0.2, -0.15) is 0 Å². The van der Waals surface area contributed by atoms with Gasteiger partial charge in [0.05, 0.1) is 11.4 Å².